The van der Waals surface area contributed by atoms with Crippen molar-refractivity contribution in [1.29, 1.82) is 0 Å². The Morgan fingerprint density at radius 1 is 0.908 bits per heavy atom. The number of hydrogen-bond donors (Lipinski definition) is 7. The third kappa shape index (κ3) is 12.5. The molecule has 4 fully saturated rings. The Morgan fingerprint density at radius 3 is 2.57 bits per heavy atom. The van der Waals surface area contributed by atoms with E-state index in [2.05, 4.69) is 75.6 Å². The second-order valence-corrected chi connectivity index (χ2v) is 29.5. The van der Waals surface area contributed by atoms with Gasteiger partial charge in [0, 0.05) is 68.2 Å². The second kappa shape index (κ2) is 26.5. The first-order chi connectivity index (χ1) is 42.2. The molecular weight excluding hydrogens is 1090 g/mol. The Morgan fingerprint density at radius 2 is 1.76 bits per heavy atom. The summed E-state index contributed by atoms with van der Waals surface area (Å²) in [7, 11) is 3.83. The zero-order chi connectivity index (χ0) is 60.6. The van der Waals surface area contributed by atoms with Crippen molar-refractivity contribution in [2.75, 3.05) is 47.0 Å². The van der Waals surface area contributed by atoms with Crippen molar-refractivity contribution in [2.24, 2.45) is 74.8 Å². The molecule has 87 heavy (non-hydrogen) atoms. The van der Waals surface area contributed by atoms with Gasteiger partial charge in [-0.05, 0) is 220 Å². The van der Waals surface area contributed by atoms with Gasteiger partial charge in [0.15, 0.2) is 17.5 Å². The van der Waals surface area contributed by atoms with Crippen LogP contribution in [0.25, 0.3) is 11.1 Å². The molecule has 1 saturated heterocycles. The number of unbranched alkanes of at least 4 members (excludes halogenated alkanes) is 2. The van der Waals surface area contributed by atoms with Gasteiger partial charge in [-0.3, -0.25) is 4.99 Å². The lowest BCUT2D eigenvalue weighted by atomic mass is 9.54. The van der Waals surface area contributed by atoms with Gasteiger partial charge in [0.2, 0.25) is 0 Å². The molecule has 3 spiro atoms. The first-order valence-electron chi connectivity index (χ1n) is 34.3. The Balaban J connectivity index is 0.981. The number of fused-ring (bicyclic) bond motifs is 2. The number of phenols is 1. The molecule has 0 radical (unpaired) electrons. The number of benzene rings is 3. The maximum Gasteiger partial charge on any atom is 0.188 e. The van der Waals surface area contributed by atoms with Crippen molar-refractivity contribution in [3.05, 3.63) is 76.4 Å². The van der Waals surface area contributed by atoms with Crippen LogP contribution in [-0.4, -0.2) is 97.3 Å². The van der Waals surface area contributed by atoms with Crippen LogP contribution in [0.15, 0.2) is 53.5 Å². The van der Waals surface area contributed by atoms with Gasteiger partial charge in [0.05, 0.1) is 24.9 Å². The average Bonchev–Trinajstić information content (AvgIpc) is 1.67. The molecule has 7 aliphatic heterocycles. The number of nitrogens with zero attached hydrogens (tertiary/aromatic N) is 1. The second-order valence-electron chi connectivity index (χ2n) is 29.5. The summed E-state index contributed by atoms with van der Waals surface area (Å²) in [6.45, 7) is 12.0. The number of aliphatic hydroxyl groups is 3. The normalized spacial score (nSPS) is 35.0. The molecule has 13 nitrogen and oxygen atoms in total. The number of nitrogens with one attached hydrogen (secondary N) is 2. The molecule has 8 N–H and O–H groups in total. The average molecular weight is 1190 g/mol. The molecule has 16 unspecified atom stereocenters. The van der Waals surface area contributed by atoms with Crippen LogP contribution in [0.3, 0.4) is 0 Å². The molecule has 3 aromatic rings. The molecule has 0 aromatic heterocycles. The Hall–Kier alpha value is -4.97. The van der Waals surface area contributed by atoms with Crippen LogP contribution in [0.2, 0.25) is 0 Å². The lowest BCUT2D eigenvalue weighted by Crippen LogP contribution is -2.55. The van der Waals surface area contributed by atoms with Crippen LogP contribution in [0.4, 0.5) is 0 Å². The number of nitrogens with two attached hydrogens (primary N) is 1. The maximum atomic E-state index is 13.2. The highest BCUT2D eigenvalue weighted by molar-refractivity contribution is 5.84. The minimum absolute atomic E-state index is 0.00368. The fourth-order valence-electron chi connectivity index (χ4n) is 19.5. The van der Waals surface area contributed by atoms with Gasteiger partial charge in [-0.15, -0.1) is 0 Å². The highest BCUT2D eigenvalue weighted by atomic mass is 16.5. The van der Waals surface area contributed by atoms with Crippen LogP contribution in [0.5, 0.6) is 28.7 Å². The Kier molecular flexibility index (Phi) is 18.9. The number of hydrogen-bond acceptors (Lipinski definition) is 13. The van der Waals surface area contributed by atoms with Crippen LogP contribution in [0, 0.1) is 76.1 Å². The third-order valence-electron chi connectivity index (χ3n) is 23.6. The van der Waals surface area contributed by atoms with Crippen molar-refractivity contribution >= 4 is 5.96 Å². The van der Waals surface area contributed by atoms with Crippen molar-refractivity contribution < 1.29 is 44.1 Å². The highest BCUT2D eigenvalue weighted by Crippen LogP contribution is 2.65. The van der Waals surface area contributed by atoms with Crippen LogP contribution < -0.4 is 35.3 Å². The monoisotopic (exact) mass is 1190 g/mol. The molecule has 13 heteroatoms. The van der Waals surface area contributed by atoms with Crippen molar-refractivity contribution in [3.8, 4) is 51.9 Å². The van der Waals surface area contributed by atoms with Crippen LogP contribution in [-0.2, 0) is 24.0 Å². The van der Waals surface area contributed by atoms with Crippen LogP contribution in [0.1, 0.15) is 196 Å². The van der Waals surface area contributed by atoms with E-state index in [4.69, 9.17) is 34.4 Å². The van der Waals surface area contributed by atoms with E-state index in [0.29, 0.717) is 104 Å². The predicted octanol–water partition coefficient (Wildman–Crippen LogP) is 12.7. The van der Waals surface area contributed by atoms with Gasteiger partial charge in [0.1, 0.15) is 35.6 Å². The summed E-state index contributed by atoms with van der Waals surface area (Å²) in [5, 5.41) is 55.8. The Labute approximate surface area is 519 Å². The summed E-state index contributed by atoms with van der Waals surface area (Å²) in [4.78, 5) is 5.38. The molecule has 9 bridgehead atoms. The van der Waals surface area contributed by atoms with E-state index in [1.165, 1.54) is 31.2 Å². The highest BCUT2D eigenvalue weighted by Gasteiger charge is 2.60. The summed E-state index contributed by atoms with van der Waals surface area (Å²) in [5.74, 6) is 8.57. The fourth-order valence-corrected chi connectivity index (χ4v) is 19.5. The van der Waals surface area contributed by atoms with Crippen molar-refractivity contribution in [1.82, 2.24) is 10.6 Å². The van der Waals surface area contributed by atoms with Crippen molar-refractivity contribution in [3.63, 3.8) is 0 Å². The first kappa shape index (κ1) is 62.2. The number of rotatable bonds is 11. The minimum atomic E-state index is -0.903. The number of allylic oxidation sites excluding steroid dienone is 2. The van der Waals surface area contributed by atoms with Gasteiger partial charge in [-0.2, -0.15) is 0 Å². The number of guanidine groups is 1. The number of methoxy groups -OCH3 is 1. The van der Waals surface area contributed by atoms with Crippen LogP contribution >= 0.6 is 0 Å². The quantitative estimate of drug-likeness (QED) is 0.0547. The number of aliphatic hydroxyl groups excluding tert-OH is 3. The minimum Gasteiger partial charge on any atom is -0.508 e. The Bertz CT molecular complexity index is 3040. The molecule has 0 amide bonds. The standard InChI is InChI=1S/C74H104N4O9/c1-7-8-9-13-46(4)57-32-50-18-17-49(57)31-55(80)40-73(24-12-23-72(73)26-29-85-74(43-72)25-10-14-47(39-74)41-76-5)44-78-71(75)77-27-22-56-52(42-79)19-16-48-15-11-28-84-63-21-20-51(36-65(63)87-69(48)56)70-62(82)37-60-64(86-70)38-66(83-6)68-59-34-54(30-45(2)3)61(81)35-53(59)33-58(50)67(60)68/h17-18,20-21,34-36,38,45-50,52,55-58,62,69-70,76,79-82H,7-10,12-16,19,22-27,29-33,37,39-44H2,1-6H3,(H3,75,77,78). The van der Waals surface area contributed by atoms with E-state index in [1.807, 2.05) is 30.3 Å². The number of aliphatic imine (C=N–C) groups is 1. The fraction of sp³-hybridized carbons (Fsp3) is 0.689. The molecule has 7 heterocycles. The number of ether oxygens (including phenoxy) is 5. The summed E-state index contributed by atoms with van der Waals surface area (Å²) in [5.41, 5.74) is 13.7. The molecule has 474 valence electrons. The zero-order valence-electron chi connectivity index (χ0n) is 53.4. The molecule has 3 saturated carbocycles. The van der Waals surface area contributed by atoms with Gasteiger partial charge in [-0.1, -0.05) is 90.4 Å². The van der Waals surface area contributed by atoms with E-state index in [0.717, 1.165) is 136 Å². The topological polar surface area (TPSA) is 190 Å². The van der Waals surface area contributed by atoms with Crippen molar-refractivity contribution in [2.45, 2.75) is 211 Å². The molecule has 16 atom stereocenters. The molecule has 15 rings (SSSR count). The largest absolute Gasteiger partial charge is 0.508 e. The van der Waals surface area contributed by atoms with Gasteiger partial charge >= 0.3 is 0 Å². The SMILES string of the molecule is CCCCCC(C)C1CC2C=CC1CC(O)CC1(CCCC13CCOC1(CCCC(CNC)C1)C3)CN=C(N)NCCC1C(CO)CCC3CC#COc4ccc(cc4OC31)C1Oc3cc(OC)c4c(c3CC1O)C2Cc1cc(O)c(CC(C)C)cc1-4. The molecular formula is C74H104N4O9. The van der Waals surface area contributed by atoms with Gasteiger partial charge in [-0.25, -0.2) is 0 Å². The number of aromatic hydroxyl groups is 1. The predicted molar refractivity (Wildman–Crippen MR) is 343 cm³/mol. The van der Waals surface area contributed by atoms with E-state index in [9.17, 15) is 20.4 Å². The first-order valence-corrected chi connectivity index (χ1v) is 34.3. The van der Waals surface area contributed by atoms with Gasteiger partial charge < -0.3 is 60.5 Å². The summed E-state index contributed by atoms with van der Waals surface area (Å²) in [6.07, 6.45) is 27.1. The lowest BCUT2D eigenvalue weighted by Gasteiger charge is -2.56. The van der Waals surface area contributed by atoms with E-state index >= 15 is 0 Å². The molecule has 3 aromatic carbocycles. The maximum absolute atomic E-state index is 13.2. The number of phenolic OH excluding ortho intramolecular Hbond substituents is 1. The molecule has 12 aliphatic rings. The molecule has 5 aliphatic carbocycles. The van der Waals surface area contributed by atoms with Gasteiger partial charge in [0.25, 0.3) is 0 Å². The van der Waals surface area contributed by atoms with E-state index in [-0.39, 0.29) is 64.6 Å². The van der Waals surface area contributed by atoms with E-state index < -0.39 is 18.3 Å². The summed E-state index contributed by atoms with van der Waals surface area (Å²) < 4.78 is 34.1. The summed E-state index contributed by atoms with van der Waals surface area (Å²) in [6, 6.07) is 12.1. The lowest BCUT2D eigenvalue weighted by molar-refractivity contribution is -0.179. The smallest absolute Gasteiger partial charge is 0.188 e. The zero-order valence-corrected chi connectivity index (χ0v) is 53.4. The third-order valence-corrected chi connectivity index (χ3v) is 23.6. The summed E-state index contributed by atoms with van der Waals surface area (Å²) >= 11 is 0. The van der Waals surface area contributed by atoms with E-state index in [1.54, 1.807) is 7.11 Å².